The Morgan fingerprint density at radius 3 is 2.26 bits per heavy atom. The van der Waals surface area contributed by atoms with Crippen molar-refractivity contribution in [2.24, 2.45) is 0 Å². The molecule has 0 radical (unpaired) electrons. The van der Waals surface area contributed by atoms with Crippen LogP contribution in [0.15, 0.2) is 28.2 Å². The van der Waals surface area contributed by atoms with E-state index in [1.165, 1.54) is 6.07 Å². The molecular weight excluding hydrogens is 485 g/mol. The van der Waals surface area contributed by atoms with E-state index in [-0.39, 0.29) is 47.9 Å². The zero-order valence-electron chi connectivity index (χ0n) is 19.7. The highest BCUT2D eigenvalue weighted by Crippen LogP contribution is 2.37. The van der Waals surface area contributed by atoms with E-state index in [0.717, 1.165) is 22.7 Å². The van der Waals surface area contributed by atoms with Crippen LogP contribution in [0.2, 0.25) is 5.02 Å². The van der Waals surface area contributed by atoms with Crippen LogP contribution < -0.4 is 4.90 Å². The molecule has 34 heavy (non-hydrogen) atoms. The van der Waals surface area contributed by atoms with Crippen molar-refractivity contribution in [3.63, 3.8) is 0 Å². The molecule has 1 atom stereocenters. The molecule has 7 nitrogen and oxygen atoms in total. The first-order valence-corrected chi connectivity index (χ1v) is 12.5. The maximum Gasteiger partial charge on any atom is 0.334 e. The number of halogens is 2. The molecular formula is C24H29ClFNO6S. The first kappa shape index (κ1) is 27.9. The number of hydrogen-bond acceptors (Lipinski definition) is 7. The van der Waals surface area contributed by atoms with Gasteiger partial charge in [-0.2, -0.15) is 0 Å². The lowest BCUT2D eigenvalue weighted by Crippen LogP contribution is -2.39. The lowest BCUT2D eigenvalue weighted by atomic mass is 9.90. The number of rotatable bonds is 9. The van der Waals surface area contributed by atoms with Gasteiger partial charge in [0, 0.05) is 22.5 Å². The van der Waals surface area contributed by atoms with Crippen molar-refractivity contribution in [3.05, 3.63) is 34.1 Å². The summed E-state index contributed by atoms with van der Waals surface area (Å²) < 4.78 is 25.1. The Kier molecular flexibility index (Phi) is 10.6. The number of anilines is 1. The molecule has 10 heteroatoms. The highest BCUT2D eigenvalue weighted by Gasteiger charge is 2.33. The van der Waals surface area contributed by atoms with Gasteiger partial charge < -0.3 is 9.47 Å². The molecule has 1 aliphatic carbocycles. The Bertz CT molecular complexity index is 996. The fourth-order valence-corrected chi connectivity index (χ4v) is 4.69. The Morgan fingerprint density at radius 2 is 1.68 bits per heavy atom. The second-order valence-electron chi connectivity index (χ2n) is 7.52. The van der Waals surface area contributed by atoms with Crippen molar-refractivity contribution in [1.82, 2.24) is 0 Å². The monoisotopic (exact) mass is 513 g/mol. The second kappa shape index (κ2) is 12.9. The fraction of sp³-hybridized carbons (Fsp3) is 0.500. The molecule has 0 bridgehead atoms. The summed E-state index contributed by atoms with van der Waals surface area (Å²) in [5, 5.41) is -0.624. The third kappa shape index (κ3) is 6.60. The molecule has 0 aliphatic heterocycles. The van der Waals surface area contributed by atoms with Crippen LogP contribution in [0, 0.1) is 5.82 Å². The molecule has 0 fully saturated rings. The van der Waals surface area contributed by atoms with Crippen LogP contribution in [0.1, 0.15) is 59.8 Å². The predicted octanol–water partition coefficient (Wildman–Crippen LogP) is 5.23. The molecule has 186 valence electrons. The van der Waals surface area contributed by atoms with Crippen LogP contribution in [0.3, 0.4) is 0 Å². The van der Waals surface area contributed by atoms with Crippen LogP contribution in [0.4, 0.5) is 10.1 Å². The molecule has 1 unspecified atom stereocenters. The first-order chi connectivity index (χ1) is 16.2. The maximum atomic E-state index is 15.1. The average Bonchev–Trinajstić information content (AvgIpc) is 2.81. The van der Waals surface area contributed by atoms with Gasteiger partial charge in [0.15, 0.2) is 0 Å². The van der Waals surface area contributed by atoms with Gasteiger partial charge in [-0.15, -0.1) is 11.8 Å². The number of esters is 2. The normalized spacial score (nSPS) is 14.4. The van der Waals surface area contributed by atoms with E-state index < -0.39 is 34.8 Å². The second-order valence-corrected chi connectivity index (χ2v) is 9.31. The van der Waals surface area contributed by atoms with E-state index in [9.17, 15) is 19.2 Å². The van der Waals surface area contributed by atoms with Gasteiger partial charge in [0.2, 0.25) is 5.91 Å². The number of amides is 2. The van der Waals surface area contributed by atoms with Gasteiger partial charge in [0.25, 0.3) is 5.91 Å². The highest BCUT2D eigenvalue weighted by atomic mass is 35.5. The smallest absolute Gasteiger partial charge is 0.334 e. The van der Waals surface area contributed by atoms with Gasteiger partial charge in [0.05, 0.1) is 23.9 Å². The minimum atomic E-state index is -0.873. The number of nitrogens with zero attached hydrogens (tertiary/aromatic N) is 1. The van der Waals surface area contributed by atoms with Crippen molar-refractivity contribution >= 4 is 52.8 Å². The number of thioether (sulfide) groups is 1. The highest BCUT2D eigenvalue weighted by molar-refractivity contribution is 8.00. The Labute approximate surface area is 208 Å². The lowest BCUT2D eigenvalue weighted by molar-refractivity contribution is -0.142. The van der Waals surface area contributed by atoms with E-state index >= 15 is 4.39 Å². The van der Waals surface area contributed by atoms with E-state index in [2.05, 4.69) is 0 Å². The number of ether oxygens (including phenoxy) is 2. The summed E-state index contributed by atoms with van der Waals surface area (Å²) in [4.78, 5) is 51.9. The molecule has 1 aromatic carbocycles. The zero-order chi connectivity index (χ0) is 25.4. The van der Waals surface area contributed by atoms with Crippen LogP contribution in [-0.2, 0) is 28.7 Å². The molecule has 0 aromatic heterocycles. The van der Waals surface area contributed by atoms with Crippen molar-refractivity contribution < 1.29 is 33.0 Å². The number of carbonyl (C=O) groups is 4. The Morgan fingerprint density at radius 1 is 1.06 bits per heavy atom. The van der Waals surface area contributed by atoms with E-state index in [4.69, 9.17) is 21.1 Å². The van der Waals surface area contributed by atoms with Crippen LogP contribution in [0.25, 0.3) is 0 Å². The Balaban J connectivity index is 2.54. The molecule has 2 amide bonds. The first-order valence-electron chi connectivity index (χ1n) is 11.2. The standard InChI is InChI=1S/C24H29ClFNO6S/c1-5-21(28)27(22(29)15-10-8-9-11-16(15)24(31)33-7-3)19-13-20(17(25)12-18(19)26)34-14(4)23(30)32-6-2/h12-14H,5-11H2,1-4H3. The number of carbonyl (C=O) groups excluding carboxylic acids is 4. The third-order valence-electron chi connectivity index (χ3n) is 5.17. The summed E-state index contributed by atoms with van der Waals surface area (Å²) in [5.74, 6) is -3.35. The SMILES string of the molecule is CCOC(=O)C1=C(C(=O)N(C(=O)CC)c2cc(SC(C)C(=O)OCC)c(Cl)cc2F)CCCC1. The maximum absolute atomic E-state index is 15.1. The summed E-state index contributed by atoms with van der Waals surface area (Å²) in [7, 11) is 0. The summed E-state index contributed by atoms with van der Waals surface area (Å²) in [6.07, 6.45) is 1.90. The lowest BCUT2D eigenvalue weighted by Gasteiger charge is -2.26. The van der Waals surface area contributed by atoms with Gasteiger partial charge in [-0.25, -0.2) is 14.1 Å². The van der Waals surface area contributed by atoms with Crippen molar-refractivity contribution in [1.29, 1.82) is 0 Å². The summed E-state index contributed by atoms with van der Waals surface area (Å²) in [5.41, 5.74) is 0.0722. The van der Waals surface area contributed by atoms with Gasteiger partial charge in [-0.05, 0) is 58.6 Å². The quantitative estimate of drug-likeness (QED) is 0.330. The van der Waals surface area contributed by atoms with Crippen molar-refractivity contribution in [2.45, 2.75) is 69.9 Å². The van der Waals surface area contributed by atoms with Gasteiger partial charge in [-0.3, -0.25) is 14.4 Å². The van der Waals surface area contributed by atoms with E-state index in [1.807, 2.05) is 0 Å². The van der Waals surface area contributed by atoms with Gasteiger partial charge in [-0.1, -0.05) is 18.5 Å². The minimum Gasteiger partial charge on any atom is -0.465 e. The average molecular weight is 514 g/mol. The zero-order valence-corrected chi connectivity index (χ0v) is 21.3. The molecule has 0 spiro atoms. The van der Waals surface area contributed by atoms with E-state index in [0.29, 0.717) is 24.2 Å². The summed E-state index contributed by atoms with van der Waals surface area (Å²) in [6.45, 7) is 6.86. The molecule has 0 saturated carbocycles. The van der Waals surface area contributed by atoms with Gasteiger partial charge >= 0.3 is 11.9 Å². The molecule has 0 saturated heterocycles. The molecule has 1 aromatic rings. The number of benzene rings is 1. The minimum absolute atomic E-state index is 0.0304. The van der Waals surface area contributed by atoms with Crippen molar-refractivity contribution in [3.8, 4) is 0 Å². The predicted molar refractivity (Wildman–Crippen MR) is 128 cm³/mol. The topological polar surface area (TPSA) is 90.0 Å². The number of hydrogen-bond donors (Lipinski definition) is 0. The van der Waals surface area contributed by atoms with Crippen LogP contribution in [0.5, 0.6) is 0 Å². The molecule has 0 heterocycles. The van der Waals surface area contributed by atoms with E-state index in [1.54, 1.807) is 27.7 Å². The molecule has 0 N–H and O–H groups in total. The summed E-state index contributed by atoms with van der Waals surface area (Å²) in [6, 6.07) is 2.28. The molecule has 2 rings (SSSR count). The van der Waals surface area contributed by atoms with Gasteiger partial charge in [0.1, 0.15) is 11.1 Å². The number of imide groups is 1. The third-order valence-corrected chi connectivity index (χ3v) is 6.73. The molecule has 1 aliphatic rings. The van der Waals surface area contributed by atoms with Crippen molar-refractivity contribution in [2.75, 3.05) is 18.1 Å². The largest absolute Gasteiger partial charge is 0.465 e. The van der Waals surface area contributed by atoms with Crippen LogP contribution >= 0.6 is 23.4 Å². The Hall–Kier alpha value is -2.39. The fourth-order valence-electron chi connectivity index (χ4n) is 3.51. The summed E-state index contributed by atoms with van der Waals surface area (Å²) >= 11 is 7.23. The van der Waals surface area contributed by atoms with Crippen LogP contribution in [-0.4, -0.2) is 42.2 Å².